The van der Waals surface area contributed by atoms with Crippen molar-refractivity contribution < 1.29 is 18.4 Å². The molecule has 0 spiro atoms. The van der Waals surface area contributed by atoms with Crippen LogP contribution in [0.5, 0.6) is 0 Å². The Morgan fingerprint density at radius 1 is 1.35 bits per heavy atom. The van der Waals surface area contributed by atoms with E-state index in [4.69, 9.17) is 4.84 Å². The van der Waals surface area contributed by atoms with Crippen molar-refractivity contribution in [1.29, 1.82) is 0 Å². The van der Waals surface area contributed by atoms with E-state index in [0.717, 1.165) is 5.06 Å². The van der Waals surface area contributed by atoms with E-state index in [1.807, 2.05) is 0 Å². The normalized spacial score (nSPS) is 20.1. The SMILES string of the molecule is CON1C[C@@H](c2c(F)cc(C)cc2F)CC1=O. The molecule has 1 atom stereocenters. The van der Waals surface area contributed by atoms with Gasteiger partial charge in [-0.2, -0.15) is 0 Å². The minimum Gasteiger partial charge on any atom is -0.274 e. The van der Waals surface area contributed by atoms with Crippen LogP contribution in [0.25, 0.3) is 0 Å². The van der Waals surface area contributed by atoms with Gasteiger partial charge in [0.25, 0.3) is 0 Å². The number of hydroxylamine groups is 2. The lowest BCUT2D eigenvalue weighted by molar-refractivity contribution is -0.167. The van der Waals surface area contributed by atoms with Crippen molar-refractivity contribution in [2.24, 2.45) is 0 Å². The highest BCUT2D eigenvalue weighted by molar-refractivity contribution is 5.78. The number of halogens is 2. The molecule has 0 aliphatic carbocycles. The summed E-state index contributed by atoms with van der Waals surface area (Å²) in [7, 11) is 1.36. The molecule has 0 N–H and O–H groups in total. The molecule has 0 unspecified atom stereocenters. The molecule has 1 aromatic carbocycles. The lowest BCUT2D eigenvalue weighted by Crippen LogP contribution is -2.23. The zero-order valence-electron chi connectivity index (χ0n) is 9.67. The van der Waals surface area contributed by atoms with Crippen LogP contribution in [-0.4, -0.2) is 24.6 Å². The topological polar surface area (TPSA) is 29.5 Å². The van der Waals surface area contributed by atoms with Crippen molar-refractivity contribution in [1.82, 2.24) is 5.06 Å². The molecule has 1 fully saturated rings. The number of amides is 1. The standard InChI is InChI=1S/C12H13F2NO2/c1-7-3-9(13)12(10(14)4-7)8-5-11(16)15(6-8)17-2/h3-4,8H,5-6H2,1-2H3/t8-/m0/s1. The van der Waals surface area contributed by atoms with Crippen LogP contribution in [0, 0.1) is 18.6 Å². The second-order valence-electron chi connectivity index (χ2n) is 4.18. The summed E-state index contributed by atoms with van der Waals surface area (Å²) in [6, 6.07) is 2.55. The Morgan fingerprint density at radius 2 is 1.94 bits per heavy atom. The number of rotatable bonds is 2. The van der Waals surface area contributed by atoms with E-state index in [-0.39, 0.29) is 24.4 Å². The predicted molar refractivity (Wildman–Crippen MR) is 57.2 cm³/mol. The van der Waals surface area contributed by atoms with Crippen molar-refractivity contribution in [2.45, 2.75) is 19.3 Å². The first-order valence-electron chi connectivity index (χ1n) is 5.33. The Labute approximate surface area is 97.9 Å². The monoisotopic (exact) mass is 241 g/mol. The summed E-state index contributed by atoms with van der Waals surface area (Å²) in [6.45, 7) is 1.81. The zero-order valence-corrected chi connectivity index (χ0v) is 9.67. The number of benzene rings is 1. The molecule has 0 radical (unpaired) electrons. The van der Waals surface area contributed by atoms with Crippen LogP contribution in [0.2, 0.25) is 0 Å². The van der Waals surface area contributed by atoms with Gasteiger partial charge in [0, 0.05) is 17.9 Å². The Kier molecular flexibility index (Phi) is 3.11. The molecule has 1 aromatic rings. The summed E-state index contributed by atoms with van der Waals surface area (Å²) < 4.78 is 27.4. The summed E-state index contributed by atoms with van der Waals surface area (Å²) in [5, 5.41) is 1.13. The van der Waals surface area contributed by atoms with Gasteiger partial charge in [-0.3, -0.25) is 9.63 Å². The predicted octanol–water partition coefficient (Wildman–Crippen LogP) is 2.15. The minimum atomic E-state index is -0.599. The van der Waals surface area contributed by atoms with Gasteiger partial charge in [0.05, 0.1) is 13.7 Å². The van der Waals surface area contributed by atoms with Crippen molar-refractivity contribution >= 4 is 5.91 Å². The van der Waals surface area contributed by atoms with Gasteiger partial charge in [-0.05, 0) is 24.6 Å². The first-order chi connectivity index (χ1) is 8.02. The van der Waals surface area contributed by atoms with Crippen molar-refractivity contribution in [3.05, 3.63) is 34.9 Å². The van der Waals surface area contributed by atoms with Crippen LogP contribution in [0.3, 0.4) is 0 Å². The lowest BCUT2D eigenvalue weighted by Gasteiger charge is -2.14. The number of carbonyl (C=O) groups excluding carboxylic acids is 1. The fourth-order valence-corrected chi connectivity index (χ4v) is 2.15. The first kappa shape index (κ1) is 12.0. The molecule has 1 amide bonds. The third-order valence-electron chi connectivity index (χ3n) is 2.94. The van der Waals surface area contributed by atoms with Gasteiger partial charge in [0.2, 0.25) is 5.91 Å². The fourth-order valence-electron chi connectivity index (χ4n) is 2.15. The summed E-state index contributed by atoms with van der Waals surface area (Å²) in [4.78, 5) is 16.3. The van der Waals surface area contributed by atoms with E-state index < -0.39 is 17.6 Å². The number of carbonyl (C=O) groups is 1. The fraction of sp³-hybridized carbons (Fsp3) is 0.417. The van der Waals surface area contributed by atoms with Crippen molar-refractivity contribution in [3.8, 4) is 0 Å². The highest BCUT2D eigenvalue weighted by atomic mass is 19.1. The molecule has 92 valence electrons. The number of nitrogens with zero attached hydrogens (tertiary/aromatic N) is 1. The Hall–Kier alpha value is -1.49. The number of hydrogen-bond donors (Lipinski definition) is 0. The van der Waals surface area contributed by atoms with Gasteiger partial charge in [-0.15, -0.1) is 0 Å². The average molecular weight is 241 g/mol. The van der Waals surface area contributed by atoms with Crippen LogP contribution in [0.15, 0.2) is 12.1 Å². The third-order valence-corrected chi connectivity index (χ3v) is 2.94. The van der Waals surface area contributed by atoms with Crippen LogP contribution < -0.4 is 0 Å². The largest absolute Gasteiger partial charge is 0.274 e. The van der Waals surface area contributed by atoms with Crippen LogP contribution in [0.1, 0.15) is 23.5 Å². The summed E-state index contributed by atoms with van der Waals surface area (Å²) in [5.74, 6) is -1.93. The molecule has 1 aliphatic rings. The maximum absolute atomic E-state index is 13.7. The van der Waals surface area contributed by atoms with E-state index >= 15 is 0 Å². The molecule has 17 heavy (non-hydrogen) atoms. The molecule has 1 saturated heterocycles. The second-order valence-corrected chi connectivity index (χ2v) is 4.18. The molecule has 0 bridgehead atoms. The van der Waals surface area contributed by atoms with Gasteiger partial charge < -0.3 is 0 Å². The quantitative estimate of drug-likeness (QED) is 0.794. The van der Waals surface area contributed by atoms with E-state index in [1.54, 1.807) is 6.92 Å². The van der Waals surface area contributed by atoms with Gasteiger partial charge in [-0.1, -0.05) is 0 Å². The van der Waals surface area contributed by atoms with Gasteiger partial charge in [-0.25, -0.2) is 13.8 Å². The van der Waals surface area contributed by atoms with E-state index in [9.17, 15) is 13.6 Å². The molecule has 1 aliphatic heterocycles. The number of aryl methyl sites for hydroxylation is 1. The Bertz CT molecular complexity index is 439. The molecular weight excluding hydrogens is 228 g/mol. The molecule has 5 heteroatoms. The maximum atomic E-state index is 13.7. The highest BCUT2D eigenvalue weighted by Crippen LogP contribution is 2.32. The Balaban J connectivity index is 2.33. The van der Waals surface area contributed by atoms with Gasteiger partial charge >= 0.3 is 0 Å². The van der Waals surface area contributed by atoms with Crippen LogP contribution >= 0.6 is 0 Å². The molecular formula is C12H13F2NO2. The summed E-state index contributed by atoms with van der Waals surface area (Å²) in [5.41, 5.74) is 0.500. The first-order valence-corrected chi connectivity index (χ1v) is 5.33. The van der Waals surface area contributed by atoms with E-state index in [0.29, 0.717) is 5.56 Å². The minimum absolute atomic E-state index is 0.0245. The summed E-state index contributed by atoms with van der Waals surface area (Å²) in [6.07, 6.45) is 0.0741. The van der Waals surface area contributed by atoms with E-state index in [2.05, 4.69) is 0 Å². The lowest BCUT2D eigenvalue weighted by atomic mass is 9.96. The summed E-state index contributed by atoms with van der Waals surface area (Å²) >= 11 is 0. The molecule has 0 aromatic heterocycles. The zero-order chi connectivity index (χ0) is 12.6. The second kappa shape index (κ2) is 4.41. The van der Waals surface area contributed by atoms with Gasteiger partial charge in [0.15, 0.2) is 0 Å². The molecule has 2 rings (SSSR count). The van der Waals surface area contributed by atoms with Gasteiger partial charge in [0.1, 0.15) is 11.6 Å². The maximum Gasteiger partial charge on any atom is 0.246 e. The van der Waals surface area contributed by atoms with Crippen molar-refractivity contribution in [3.63, 3.8) is 0 Å². The van der Waals surface area contributed by atoms with Crippen molar-refractivity contribution in [2.75, 3.05) is 13.7 Å². The average Bonchev–Trinajstić information content (AvgIpc) is 2.57. The van der Waals surface area contributed by atoms with Crippen LogP contribution in [0.4, 0.5) is 8.78 Å². The molecule has 1 heterocycles. The third kappa shape index (κ3) is 2.15. The Morgan fingerprint density at radius 3 is 2.41 bits per heavy atom. The highest BCUT2D eigenvalue weighted by Gasteiger charge is 2.34. The number of hydrogen-bond acceptors (Lipinski definition) is 2. The van der Waals surface area contributed by atoms with E-state index in [1.165, 1.54) is 19.2 Å². The smallest absolute Gasteiger partial charge is 0.246 e. The van der Waals surface area contributed by atoms with Crippen LogP contribution in [-0.2, 0) is 9.63 Å². The molecule has 0 saturated carbocycles. The molecule has 3 nitrogen and oxygen atoms in total.